The molecular weight excluding hydrogens is 342 g/mol. The molecule has 0 aliphatic carbocycles. The molecule has 0 saturated carbocycles. The molecule has 2 aromatic carbocycles. The predicted molar refractivity (Wildman–Crippen MR) is 93.2 cm³/mol. The third kappa shape index (κ3) is 4.56. The highest BCUT2D eigenvalue weighted by Gasteiger charge is 2.26. The largest absolute Gasteiger partial charge is 0.435 e. The van der Waals surface area contributed by atoms with E-state index in [0.717, 1.165) is 11.3 Å². The maximum atomic E-state index is 12.1. The van der Waals surface area contributed by atoms with Crippen LogP contribution in [0.4, 0.5) is 20.2 Å². The molecule has 1 atom stereocenters. The lowest BCUT2D eigenvalue weighted by Gasteiger charge is -2.24. The van der Waals surface area contributed by atoms with Crippen molar-refractivity contribution in [3.8, 4) is 5.75 Å². The van der Waals surface area contributed by atoms with E-state index in [4.69, 9.17) is 0 Å². The van der Waals surface area contributed by atoms with Gasteiger partial charge in [-0.3, -0.25) is 9.59 Å². The number of carbonyl (C=O) groups excluding carboxylic acids is 2. The van der Waals surface area contributed by atoms with E-state index in [2.05, 4.69) is 15.4 Å². The van der Waals surface area contributed by atoms with Crippen LogP contribution in [0.15, 0.2) is 48.5 Å². The fraction of sp³-hybridized carbons (Fsp3) is 0.263. The number of carbonyl (C=O) groups is 2. The molecule has 5 nitrogen and oxygen atoms in total. The highest BCUT2D eigenvalue weighted by atomic mass is 19.3. The first-order chi connectivity index (χ1) is 12.5. The van der Waals surface area contributed by atoms with Gasteiger partial charge in [-0.25, -0.2) is 0 Å². The van der Waals surface area contributed by atoms with Crippen LogP contribution in [-0.2, 0) is 16.0 Å². The van der Waals surface area contributed by atoms with E-state index in [1.165, 1.54) is 24.3 Å². The van der Waals surface area contributed by atoms with Crippen molar-refractivity contribution >= 4 is 23.2 Å². The summed E-state index contributed by atoms with van der Waals surface area (Å²) in [6, 6.07) is 13.3. The third-order valence-corrected chi connectivity index (χ3v) is 4.20. The van der Waals surface area contributed by atoms with Gasteiger partial charge in [-0.05, 0) is 48.7 Å². The summed E-state index contributed by atoms with van der Waals surface area (Å²) in [4.78, 5) is 24.2. The van der Waals surface area contributed by atoms with Gasteiger partial charge in [0, 0.05) is 23.7 Å². The highest BCUT2D eigenvalue weighted by Crippen LogP contribution is 2.27. The number of para-hydroxylation sites is 1. The van der Waals surface area contributed by atoms with Gasteiger partial charge < -0.3 is 15.4 Å². The minimum atomic E-state index is -2.89. The first-order valence-corrected chi connectivity index (χ1v) is 8.25. The lowest BCUT2D eigenvalue weighted by molar-refractivity contribution is -0.121. The molecule has 136 valence electrons. The van der Waals surface area contributed by atoms with Gasteiger partial charge in [0.05, 0.1) is 0 Å². The Kier molecular flexibility index (Phi) is 5.46. The minimum absolute atomic E-state index is 0.0236. The summed E-state index contributed by atoms with van der Waals surface area (Å²) < 4.78 is 28.5. The van der Waals surface area contributed by atoms with E-state index in [1.807, 2.05) is 24.3 Å². The van der Waals surface area contributed by atoms with Crippen molar-refractivity contribution < 1.29 is 23.1 Å². The van der Waals surface area contributed by atoms with Crippen LogP contribution in [0, 0.1) is 5.92 Å². The average molecular weight is 360 g/mol. The molecule has 1 aliphatic heterocycles. The van der Waals surface area contributed by atoms with Gasteiger partial charge in [-0.15, -0.1) is 0 Å². The Morgan fingerprint density at radius 2 is 1.92 bits per heavy atom. The van der Waals surface area contributed by atoms with Crippen molar-refractivity contribution in [2.45, 2.75) is 25.9 Å². The Balaban J connectivity index is 1.50. The summed E-state index contributed by atoms with van der Waals surface area (Å²) in [5, 5.41) is 5.54. The zero-order chi connectivity index (χ0) is 18.5. The Morgan fingerprint density at radius 3 is 2.65 bits per heavy atom. The molecule has 0 aromatic heterocycles. The van der Waals surface area contributed by atoms with Crippen LogP contribution in [0.25, 0.3) is 0 Å². The lowest BCUT2D eigenvalue weighted by atomic mass is 9.89. The summed E-state index contributed by atoms with van der Waals surface area (Å²) >= 11 is 0. The maximum absolute atomic E-state index is 12.1. The van der Waals surface area contributed by atoms with Crippen molar-refractivity contribution in [3.05, 3.63) is 54.1 Å². The predicted octanol–water partition coefficient (Wildman–Crippen LogP) is 3.82. The van der Waals surface area contributed by atoms with Gasteiger partial charge >= 0.3 is 6.61 Å². The van der Waals surface area contributed by atoms with Crippen LogP contribution in [0.2, 0.25) is 0 Å². The summed E-state index contributed by atoms with van der Waals surface area (Å²) in [6.45, 7) is -2.89. The van der Waals surface area contributed by atoms with Crippen molar-refractivity contribution in [1.82, 2.24) is 0 Å². The third-order valence-electron chi connectivity index (χ3n) is 4.20. The summed E-state index contributed by atoms with van der Waals surface area (Å²) in [5.41, 5.74) is 2.37. The van der Waals surface area contributed by atoms with Gasteiger partial charge in [-0.2, -0.15) is 8.78 Å². The van der Waals surface area contributed by atoms with Crippen molar-refractivity contribution in [2.24, 2.45) is 5.92 Å². The summed E-state index contributed by atoms with van der Waals surface area (Å²) in [5.74, 6) is -0.544. The van der Waals surface area contributed by atoms with Crippen LogP contribution in [0.3, 0.4) is 0 Å². The van der Waals surface area contributed by atoms with Crippen molar-refractivity contribution in [1.29, 1.82) is 0 Å². The standard InChI is InChI=1S/C19H18F2N2O3/c20-19(21)26-15-8-6-14(7-9-15)22-17(24)10-5-13-11-12-3-1-2-4-16(12)23-18(13)25/h1-4,6-9,13,19H,5,10-11H2,(H,22,24)(H,23,25)/t13-/m1/s1. The van der Waals surface area contributed by atoms with Crippen molar-refractivity contribution in [2.75, 3.05) is 10.6 Å². The van der Waals surface area contributed by atoms with E-state index in [1.54, 1.807) is 0 Å². The topological polar surface area (TPSA) is 67.4 Å². The van der Waals surface area contributed by atoms with E-state index >= 15 is 0 Å². The number of halogens is 2. The van der Waals surface area contributed by atoms with Gasteiger partial charge in [0.25, 0.3) is 0 Å². The number of hydrogen-bond donors (Lipinski definition) is 2. The van der Waals surface area contributed by atoms with E-state index < -0.39 is 6.61 Å². The fourth-order valence-corrected chi connectivity index (χ4v) is 2.89. The molecular formula is C19H18F2N2O3. The maximum Gasteiger partial charge on any atom is 0.387 e. The number of benzene rings is 2. The molecule has 0 unspecified atom stereocenters. The molecule has 0 radical (unpaired) electrons. The van der Waals surface area contributed by atoms with Crippen LogP contribution in [-0.4, -0.2) is 18.4 Å². The number of ether oxygens (including phenoxy) is 1. The number of fused-ring (bicyclic) bond motifs is 1. The van der Waals surface area contributed by atoms with Gasteiger partial charge in [0.15, 0.2) is 0 Å². The summed E-state index contributed by atoms with van der Waals surface area (Å²) in [7, 11) is 0. The number of anilines is 2. The van der Waals surface area contributed by atoms with Crippen LogP contribution >= 0.6 is 0 Å². The number of alkyl halides is 2. The quantitative estimate of drug-likeness (QED) is 0.823. The second-order valence-electron chi connectivity index (χ2n) is 6.04. The lowest BCUT2D eigenvalue weighted by Crippen LogP contribution is -2.30. The monoisotopic (exact) mass is 360 g/mol. The first kappa shape index (κ1) is 17.8. The molecule has 0 fully saturated rings. The number of hydrogen-bond acceptors (Lipinski definition) is 3. The zero-order valence-corrected chi connectivity index (χ0v) is 13.9. The molecule has 0 saturated heterocycles. The zero-order valence-electron chi connectivity index (χ0n) is 13.9. The SMILES string of the molecule is O=C(CC[C@@H]1Cc2ccccc2NC1=O)Nc1ccc(OC(F)F)cc1. The molecule has 2 N–H and O–H groups in total. The Bertz CT molecular complexity index is 794. The average Bonchev–Trinajstić information content (AvgIpc) is 2.61. The van der Waals surface area contributed by atoms with Crippen molar-refractivity contribution in [3.63, 3.8) is 0 Å². The Labute approximate surface area is 149 Å². The van der Waals surface area contributed by atoms with Crippen LogP contribution in [0.1, 0.15) is 18.4 Å². The van der Waals surface area contributed by atoms with E-state index in [0.29, 0.717) is 18.5 Å². The molecule has 7 heteroatoms. The fourth-order valence-electron chi connectivity index (χ4n) is 2.89. The van der Waals surface area contributed by atoms with Gasteiger partial charge in [0.2, 0.25) is 11.8 Å². The highest BCUT2D eigenvalue weighted by molar-refractivity contribution is 5.96. The van der Waals surface area contributed by atoms with Crippen LogP contribution < -0.4 is 15.4 Å². The second kappa shape index (κ2) is 7.95. The Morgan fingerprint density at radius 1 is 1.19 bits per heavy atom. The smallest absolute Gasteiger partial charge is 0.387 e. The van der Waals surface area contributed by atoms with E-state index in [9.17, 15) is 18.4 Å². The normalized spacial score (nSPS) is 16.0. The summed E-state index contributed by atoms with van der Waals surface area (Å²) in [6.07, 6.45) is 1.23. The molecule has 1 aliphatic rings. The number of amides is 2. The number of nitrogens with one attached hydrogen (secondary N) is 2. The van der Waals surface area contributed by atoms with Gasteiger partial charge in [-0.1, -0.05) is 18.2 Å². The molecule has 3 rings (SSSR count). The number of rotatable bonds is 6. The van der Waals surface area contributed by atoms with Crippen LogP contribution in [0.5, 0.6) is 5.75 Å². The molecule has 26 heavy (non-hydrogen) atoms. The Hall–Kier alpha value is -2.96. The second-order valence-corrected chi connectivity index (χ2v) is 6.04. The molecule has 0 spiro atoms. The molecule has 2 amide bonds. The van der Waals surface area contributed by atoms with Gasteiger partial charge in [0.1, 0.15) is 5.75 Å². The first-order valence-electron chi connectivity index (χ1n) is 8.25. The molecule has 1 heterocycles. The minimum Gasteiger partial charge on any atom is -0.435 e. The van der Waals surface area contributed by atoms with E-state index in [-0.39, 0.29) is 29.9 Å². The molecule has 2 aromatic rings. The molecule has 0 bridgehead atoms.